The van der Waals surface area contributed by atoms with E-state index in [2.05, 4.69) is 351 Å². The molecule has 0 saturated heterocycles. The zero-order chi connectivity index (χ0) is 62.6. The second-order valence-corrected chi connectivity index (χ2v) is 27.2. The van der Waals surface area contributed by atoms with E-state index in [4.69, 9.17) is 6.58 Å². The second kappa shape index (κ2) is 21.7. The van der Waals surface area contributed by atoms with Crippen molar-refractivity contribution in [2.24, 2.45) is 0 Å². The molecule has 0 N–H and O–H groups in total. The van der Waals surface area contributed by atoms with Crippen LogP contribution in [0, 0.1) is 12.1 Å². The molecule has 11 aromatic rings. The Hall–Kier alpha value is -10.5. The summed E-state index contributed by atoms with van der Waals surface area (Å²) in [4.78, 5) is 4.74. The molecule has 0 radical (unpaired) electrons. The van der Waals surface area contributed by atoms with Crippen LogP contribution in [0.2, 0.25) is 0 Å². The van der Waals surface area contributed by atoms with Gasteiger partial charge in [-0.3, -0.25) is 0 Å². The highest BCUT2D eigenvalue weighted by Crippen LogP contribution is 2.55. The lowest BCUT2D eigenvalue weighted by atomic mass is 9.81. The number of benzene rings is 10. The monoisotopic (exact) mass is 1170 g/mol. The average Bonchev–Trinajstić information content (AvgIpc) is 1.63. The lowest BCUT2D eigenvalue weighted by molar-refractivity contribution is 0.659. The Morgan fingerprint density at radius 1 is 0.363 bits per heavy atom. The molecule has 0 aliphatic heterocycles. The molecule has 0 unspecified atom stereocenters. The first-order valence-corrected chi connectivity index (χ1v) is 32.1. The van der Waals surface area contributed by atoms with Gasteiger partial charge in [0.1, 0.15) is 0 Å². The number of anilines is 5. The summed E-state index contributed by atoms with van der Waals surface area (Å²) in [6.45, 7) is 25.7. The Morgan fingerprint density at radius 3 is 1.34 bits per heavy atom. The van der Waals surface area contributed by atoms with Gasteiger partial charge in [-0.25, -0.2) is 0 Å². The zero-order valence-electron chi connectivity index (χ0n) is 53.6. The summed E-state index contributed by atoms with van der Waals surface area (Å²) in [5, 5.41) is 0. The molecule has 0 aromatic heterocycles. The number of hydrogen-bond acceptors (Lipinski definition) is 2. The Labute approximate surface area is 538 Å². The van der Waals surface area contributed by atoms with E-state index in [-0.39, 0.29) is 21.7 Å². The third-order valence-corrected chi connectivity index (χ3v) is 20.4. The van der Waals surface area contributed by atoms with Crippen molar-refractivity contribution >= 4 is 58.3 Å². The number of hydrogen-bond donors (Lipinski definition) is 0. The van der Waals surface area contributed by atoms with Crippen LogP contribution in [0.15, 0.2) is 267 Å². The van der Waals surface area contributed by atoms with Crippen LogP contribution in [0.4, 0.5) is 28.4 Å². The van der Waals surface area contributed by atoms with E-state index in [1.54, 1.807) is 0 Å². The van der Waals surface area contributed by atoms with Crippen molar-refractivity contribution in [3.05, 3.63) is 345 Å². The van der Waals surface area contributed by atoms with Gasteiger partial charge in [0, 0.05) is 61.4 Å². The molecule has 0 amide bonds. The number of para-hydroxylation sites is 2. The Morgan fingerprint density at radius 2 is 0.791 bits per heavy atom. The van der Waals surface area contributed by atoms with Crippen molar-refractivity contribution in [3.8, 4) is 44.5 Å². The average molecular weight is 1170 g/mol. The zero-order valence-corrected chi connectivity index (χ0v) is 53.6. The molecule has 0 fully saturated rings. The van der Waals surface area contributed by atoms with Crippen molar-refractivity contribution in [1.82, 2.24) is 0 Å². The molecule has 0 bridgehead atoms. The summed E-state index contributed by atoms with van der Waals surface area (Å²) in [7, 11) is 0. The van der Waals surface area contributed by atoms with Crippen molar-refractivity contribution in [1.29, 1.82) is 0 Å². The molecular formula is C89H74N2. The van der Waals surface area contributed by atoms with Crippen molar-refractivity contribution < 1.29 is 0 Å². The predicted molar refractivity (Wildman–Crippen MR) is 387 cm³/mol. The minimum absolute atomic E-state index is 0.142. The maximum atomic E-state index is 4.78. The van der Waals surface area contributed by atoms with Gasteiger partial charge in [-0.15, -0.1) is 0 Å². The molecule has 2 heteroatoms. The summed E-state index contributed by atoms with van der Waals surface area (Å²) < 4.78 is 0. The molecule has 4 aliphatic rings. The summed E-state index contributed by atoms with van der Waals surface area (Å²) in [6.07, 6.45) is 13.5. The molecule has 4 aliphatic carbocycles. The molecule has 91 heavy (non-hydrogen) atoms. The number of fused-ring (bicyclic) bond motifs is 10. The van der Waals surface area contributed by atoms with E-state index < -0.39 is 0 Å². The molecule has 2 nitrogen and oxygen atoms in total. The van der Waals surface area contributed by atoms with Crippen molar-refractivity contribution in [3.63, 3.8) is 0 Å². The van der Waals surface area contributed by atoms with Crippen LogP contribution < -0.4 is 9.80 Å². The highest BCUT2D eigenvalue weighted by Gasteiger charge is 2.41. The first kappa shape index (κ1) is 57.0. The molecule has 15 rings (SSSR count). The van der Waals surface area contributed by atoms with Crippen LogP contribution in [-0.4, -0.2) is 0 Å². The van der Waals surface area contributed by atoms with Crippen molar-refractivity contribution in [2.75, 3.05) is 9.80 Å². The van der Waals surface area contributed by atoms with Crippen molar-refractivity contribution in [2.45, 2.75) is 84.0 Å². The summed E-state index contributed by atoms with van der Waals surface area (Å²) in [5.74, 6) is 0. The van der Waals surface area contributed by atoms with E-state index in [1.807, 2.05) is 6.07 Å². The standard InChI is InChI=1S/C89H74N2/c1-11-70-71-26-18-20-28-78(71)86(3,4)80(70)52-58(2)90(65-22-14-12-15-23-65)67-44-49-76-73-47-38-61(53-81(73)88(7,8)84(76)55-67)32-30-59-34-40-63(41-35-59)64-42-36-60(37-43-64)31-33-62-39-48-74-77-51-46-69(57-85(77)89(9,10)82(74)54-62)91(66-24-16-13-17-25-66)68-45-50-75-72-27-19-21-29-79(72)87(5,6)83(75)56-68/h11-18,20-26,28-57H,2H2,1,3-10H3/b32-30+,33-31+,70-11-,80-52?. The van der Waals surface area contributed by atoms with Gasteiger partial charge in [0.2, 0.25) is 0 Å². The van der Waals surface area contributed by atoms with Gasteiger partial charge in [0.15, 0.2) is 0 Å². The third-order valence-electron chi connectivity index (χ3n) is 20.4. The fourth-order valence-electron chi connectivity index (χ4n) is 15.4. The fraction of sp³-hybridized carbons (Fsp3) is 0.146. The van der Waals surface area contributed by atoms with Crippen LogP contribution in [0.25, 0.3) is 74.4 Å². The Kier molecular flexibility index (Phi) is 13.6. The normalized spacial score (nSPS) is 16.2. The number of allylic oxidation sites excluding steroid dienone is 4. The quantitative estimate of drug-likeness (QED) is 0.113. The second-order valence-electron chi connectivity index (χ2n) is 27.2. The highest BCUT2D eigenvalue weighted by atomic mass is 15.1. The van der Waals surface area contributed by atoms with Crippen LogP contribution in [0.5, 0.6) is 0 Å². The largest absolute Gasteiger partial charge is 0.311 e. The molecule has 0 saturated carbocycles. The first-order valence-electron chi connectivity index (χ1n) is 32.1. The van der Waals surface area contributed by atoms with Crippen LogP contribution in [-0.2, 0) is 21.7 Å². The van der Waals surface area contributed by atoms with Crippen LogP contribution in [0.3, 0.4) is 0 Å². The molecule has 11 aromatic carbocycles. The van der Waals surface area contributed by atoms with Gasteiger partial charge >= 0.3 is 0 Å². The first-order chi connectivity index (χ1) is 44.0. The highest BCUT2D eigenvalue weighted by molar-refractivity contribution is 5.93. The minimum atomic E-state index is -0.214. The van der Waals surface area contributed by atoms with Gasteiger partial charge in [0.25, 0.3) is 0 Å². The minimum Gasteiger partial charge on any atom is -0.311 e. The summed E-state index contributed by atoms with van der Waals surface area (Å²) in [5.41, 5.74) is 33.7. The van der Waals surface area contributed by atoms with Gasteiger partial charge in [-0.1, -0.05) is 268 Å². The van der Waals surface area contributed by atoms with E-state index in [0.29, 0.717) is 0 Å². The molecule has 440 valence electrons. The Balaban J connectivity index is 0.623. The van der Waals surface area contributed by atoms with E-state index in [1.165, 1.54) is 111 Å². The maximum Gasteiger partial charge on any atom is 0.0465 e. The van der Waals surface area contributed by atoms with E-state index in [0.717, 1.165) is 45.3 Å². The lowest BCUT2D eigenvalue weighted by Crippen LogP contribution is -2.20. The smallest absolute Gasteiger partial charge is 0.0465 e. The fourth-order valence-corrected chi connectivity index (χ4v) is 15.4. The van der Waals surface area contributed by atoms with Gasteiger partial charge < -0.3 is 9.80 Å². The van der Waals surface area contributed by atoms with E-state index in [9.17, 15) is 0 Å². The van der Waals surface area contributed by atoms with Crippen LogP contribution in [0.1, 0.15) is 129 Å². The molecule has 0 atom stereocenters. The molecular weight excluding hydrogens is 1100 g/mol. The molecule has 0 spiro atoms. The summed E-state index contributed by atoms with van der Waals surface area (Å²) >= 11 is 0. The number of nitrogens with zero attached hydrogens (tertiary/aromatic N) is 2. The van der Waals surface area contributed by atoms with Crippen LogP contribution >= 0.6 is 0 Å². The Bertz CT molecular complexity index is 4860. The van der Waals surface area contributed by atoms with Gasteiger partial charge in [-0.2, -0.15) is 0 Å². The predicted octanol–water partition coefficient (Wildman–Crippen LogP) is 23.7. The molecule has 0 heterocycles. The van der Waals surface area contributed by atoms with Gasteiger partial charge in [0.05, 0.1) is 0 Å². The SMILES string of the molecule is C=C(C=C1/C(=C\C)c2ccccc2C1(C)C)N(c1ccccc1)c1ccc2c(c1)C(C)(C)c1cc(/C=C/c3ccc(-c4ccc(/C=C/c5ccc6c(c5)C(C)(C)c5cc(N(c7ccccc7)c7ccc8c(c7)C(C)(C)c7ccc#cc7-8)ccc5-6)cc4)cc3)ccc1-2. The van der Waals surface area contributed by atoms with E-state index >= 15 is 0 Å². The lowest BCUT2D eigenvalue weighted by Gasteiger charge is -2.30. The maximum absolute atomic E-state index is 4.78. The van der Waals surface area contributed by atoms with Gasteiger partial charge in [-0.05, 0) is 203 Å². The summed E-state index contributed by atoms with van der Waals surface area (Å²) in [6, 6.07) is 93.9. The third kappa shape index (κ3) is 9.49. The topological polar surface area (TPSA) is 6.48 Å². The number of rotatable bonds is 12.